The quantitative estimate of drug-likeness (QED) is 0.521. The van der Waals surface area contributed by atoms with Gasteiger partial charge in [-0.25, -0.2) is 12.8 Å². The molecule has 1 N–H and O–H groups in total. The molecule has 2 aromatic carbocycles. The van der Waals surface area contributed by atoms with Crippen molar-refractivity contribution < 1.29 is 22.4 Å². The second-order valence-corrected chi connectivity index (χ2v) is 10.4. The van der Waals surface area contributed by atoms with Crippen LogP contribution in [-0.2, 0) is 32.6 Å². The number of hydrogen-bond donors (Lipinski definition) is 1. The van der Waals surface area contributed by atoms with Crippen LogP contribution in [0.25, 0.3) is 0 Å². The Morgan fingerprint density at radius 1 is 0.971 bits per heavy atom. The first kappa shape index (κ1) is 27.3. The molecule has 2 aromatic rings. The van der Waals surface area contributed by atoms with E-state index in [1.165, 1.54) is 17.0 Å². The van der Waals surface area contributed by atoms with Gasteiger partial charge in [-0.3, -0.25) is 13.9 Å². The van der Waals surface area contributed by atoms with E-state index in [-0.39, 0.29) is 18.5 Å². The molecule has 0 aliphatic rings. The van der Waals surface area contributed by atoms with Gasteiger partial charge in [0.25, 0.3) is 0 Å². The zero-order chi connectivity index (χ0) is 25.5. The first-order valence-corrected chi connectivity index (χ1v) is 13.2. The third-order valence-corrected chi connectivity index (χ3v) is 6.54. The van der Waals surface area contributed by atoms with Gasteiger partial charge in [0.1, 0.15) is 18.4 Å². The molecular weight excluding hydrogens is 457 g/mol. The number of amides is 2. The highest BCUT2D eigenvalue weighted by Gasteiger charge is 2.31. The Bertz CT molecular complexity index is 1070. The Hall–Kier alpha value is -2.94. The molecule has 0 spiro atoms. The lowest BCUT2D eigenvalue weighted by molar-refractivity contribution is -0.140. The van der Waals surface area contributed by atoms with Gasteiger partial charge in [0.05, 0.1) is 11.9 Å². The van der Waals surface area contributed by atoms with Crippen molar-refractivity contribution in [1.29, 1.82) is 0 Å². The van der Waals surface area contributed by atoms with Gasteiger partial charge in [-0.05, 0) is 62.1 Å². The van der Waals surface area contributed by atoms with Crippen LogP contribution >= 0.6 is 0 Å². The number of halogens is 1. The van der Waals surface area contributed by atoms with Crippen LogP contribution in [0.4, 0.5) is 10.1 Å². The SMILES string of the molecule is CCc1ccc(N(CC(=O)N(Cc2ccc(F)cc2)C(CC)C(=O)NC(C)C)S(C)(=O)=O)cc1. The van der Waals surface area contributed by atoms with Crippen LogP contribution in [0.15, 0.2) is 48.5 Å². The molecule has 186 valence electrons. The zero-order valence-corrected chi connectivity index (χ0v) is 21.2. The molecule has 1 atom stereocenters. The lowest BCUT2D eigenvalue weighted by atomic mass is 10.1. The molecule has 0 aliphatic heterocycles. The molecule has 9 heteroatoms. The van der Waals surface area contributed by atoms with Gasteiger partial charge >= 0.3 is 0 Å². The van der Waals surface area contributed by atoms with E-state index < -0.39 is 34.3 Å². The number of carbonyl (C=O) groups is 2. The Morgan fingerprint density at radius 3 is 2.00 bits per heavy atom. The predicted molar refractivity (Wildman–Crippen MR) is 132 cm³/mol. The van der Waals surface area contributed by atoms with Crippen LogP contribution in [-0.4, -0.2) is 50.0 Å². The third kappa shape index (κ3) is 7.55. The molecule has 0 saturated heterocycles. The van der Waals surface area contributed by atoms with Crippen molar-refractivity contribution in [3.05, 3.63) is 65.5 Å². The number of nitrogens with zero attached hydrogens (tertiary/aromatic N) is 2. The summed E-state index contributed by atoms with van der Waals surface area (Å²) in [5.41, 5.74) is 2.04. The largest absolute Gasteiger partial charge is 0.352 e. The van der Waals surface area contributed by atoms with Crippen LogP contribution < -0.4 is 9.62 Å². The molecule has 0 fully saturated rings. The second-order valence-electron chi connectivity index (χ2n) is 8.53. The lowest BCUT2D eigenvalue weighted by Crippen LogP contribution is -2.53. The minimum absolute atomic E-state index is 0.0372. The lowest BCUT2D eigenvalue weighted by Gasteiger charge is -2.33. The summed E-state index contributed by atoms with van der Waals surface area (Å²) < 4.78 is 39.6. The van der Waals surface area contributed by atoms with Crippen LogP contribution in [0.1, 0.15) is 45.2 Å². The summed E-state index contributed by atoms with van der Waals surface area (Å²) in [4.78, 5) is 27.8. The highest BCUT2D eigenvalue weighted by Crippen LogP contribution is 2.21. The Balaban J connectivity index is 2.42. The maximum atomic E-state index is 13.5. The average Bonchev–Trinajstić information content (AvgIpc) is 2.77. The summed E-state index contributed by atoms with van der Waals surface area (Å²) >= 11 is 0. The number of carbonyl (C=O) groups excluding carboxylic acids is 2. The average molecular weight is 492 g/mol. The van der Waals surface area contributed by atoms with Crippen molar-refractivity contribution in [1.82, 2.24) is 10.2 Å². The molecule has 0 aromatic heterocycles. The fraction of sp³-hybridized carbons (Fsp3) is 0.440. The molecule has 1 unspecified atom stereocenters. The van der Waals surface area contributed by atoms with Crippen LogP contribution in [0.2, 0.25) is 0 Å². The number of rotatable bonds is 11. The van der Waals surface area contributed by atoms with Crippen molar-refractivity contribution in [2.24, 2.45) is 0 Å². The minimum atomic E-state index is -3.78. The first-order chi connectivity index (χ1) is 16.0. The summed E-state index contributed by atoms with van der Waals surface area (Å²) in [6.07, 6.45) is 2.17. The molecule has 0 heterocycles. The van der Waals surface area contributed by atoms with E-state index in [1.807, 2.05) is 32.9 Å². The second kappa shape index (κ2) is 12.0. The van der Waals surface area contributed by atoms with Gasteiger partial charge in [0, 0.05) is 12.6 Å². The van der Waals surface area contributed by atoms with Crippen molar-refractivity contribution in [3.63, 3.8) is 0 Å². The topological polar surface area (TPSA) is 86.8 Å². The number of benzene rings is 2. The summed E-state index contributed by atoms with van der Waals surface area (Å²) in [7, 11) is -3.78. The summed E-state index contributed by atoms with van der Waals surface area (Å²) in [5, 5.41) is 2.83. The predicted octanol–water partition coefficient (Wildman–Crippen LogP) is 3.49. The van der Waals surface area contributed by atoms with Crippen LogP contribution in [0.5, 0.6) is 0 Å². The standard InChI is InChI=1S/C25H34FN3O4S/c1-6-19-10-14-22(15-11-19)29(34(5,32)33)17-24(30)28(16-20-8-12-21(26)13-9-20)23(7-2)25(31)27-18(3)4/h8-15,18,23H,6-7,16-17H2,1-5H3,(H,27,31). The molecule has 2 rings (SSSR count). The molecule has 0 radical (unpaired) electrons. The molecular formula is C25H34FN3O4S. The van der Waals surface area contributed by atoms with Crippen LogP contribution in [0, 0.1) is 5.82 Å². The van der Waals surface area contributed by atoms with Crippen molar-refractivity contribution >= 4 is 27.5 Å². The summed E-state index contributed by atoms with van der Waals surface area (Å²) in [6.45, 7) is 7.00. The van der Waals surface area contributed by atoms with Crippen molar-refractivity contribution in [2.75, 3.05) is 17.1 Å². The van der Waals surface area contributed by atoms with E-state index in [0.29, 0.717) is 17.7 Å². The first-order valence-electron chi connectivity index (χ1n) is 11.4. The molecule has 0 saturated carbocycles. The zero-order valence-electron chi connectivity index (χ0n) is 20.4. The highest BCUT2D eigenvalue weighted by atomic mass is 32.2. The van der Waals surface area contributed by atoms with Gasteiger partial charge in [-0.2, -0.15) is 0 Å². The molecule has 0 aliphatic carbocycles. The fourth-order valence-corrected chi connectivity index (χ4v) is 4.45. The Kier molecular flexibility index (Phi) is 9.61. The Labute approximate surface area is 202 Å². The van der Waals surface area contributed by atoms with Gasteiger partial charge in [-0.1, -0.05) is 38.1 Å². The van der Waals surface area contributed by atoms with E-state index in [2.05, 4.69) is 5.32 Å². The van der Waals surface area contributed by atoms with Gasteiger partial charge in [0.15, 0.2) is 0 Å². The van der Waals surface area contributed by atoms with Gasteiger partial charge in [-0.15, -0.1) is 0 Å². The monoisotopic (exact) mass is 491 g/mol. The fourth-order valence-electron chi connectivity index (χ4n) is 3.60. The van der Waals surface area contributed by atoms with E-state index in [1.54, 1.807) is 31.2 Å². The van der Waals surface area contributed by atoms with E-state index in [4.69, 9.17) is 0 Å². The van der Waals surface area contributed by atoms with E-state index >= 15 is 0 Å². The molecule has 2 amide bonds. The number of aryl methyl sites for hydroxylation is 1. The molecule has 34 heavy (non-hydrogen) atoms. The van der Waals surface area contributed by atoms with E-state index in [0.717, 1.165) is 22.5 Å². The maximum Gasteiger partial charge on any atom is 0.244 e. The van der Waals surface area contributed by atoms with Gasteiger partial charge in [0.2, 0.25) is 21.8 Å². The number of nitrogens with one attached hydrogen (secondary N) is 1. The Morgan fingerprint density at radius 2 is 1.53 bits per heavy atom. The summed E-state index contributed by atoms with van der Waals surface area (Å²) in [6, 6.07) is 11.7. The third-order valence-electron chi connectivity index (χ3n) is 5.39. The molecule has 7 nitrogen and oxygen atoms in total. The minimum Gasteiger partial charge on any atom is -0.352 e. The maximum absolute atomic E-state index is 13.5. The number of anilines is 1. The molecule has 0 bridgehead atoms. The number of hydrogen-bond acceptors (Lipinski definition) is 4. The normalized spacial score (nSPS) is 12.3. The van der Waals surface area contributed by atoms with Crippen molar-refractivity contribution in [2.45, 2.75) is 59.2 Å². The summed E-state index contributed by atoms with van der Waals surface area (Å²) in [5.74, 6) is -1.27. The van der Waals surface area contributed by atoms with Gasteiger partial charge < -0.3 is 10.2 Å². The smallest absolute Gasteiger partial charge is 0.244 e. The number of sulfonamides is 1. The van der Waals surface area contributed by atoms with Crippen molar-refractivity contribution in [3.8, 4) is 0 Å². The van der Waals surface area contributed by atoms with Crippen LogP contribution in [0.3, 0.4) is 0 Å². The van der Waals surface area contributed by atoms with E-state index in [9.17, 15) is 22.4 Å². The highest BCUT2D eigenvalue weighted by molar-refractivity contribution is 7.92.